The first-order valence-electron chi connectivity index (χ1n) is 9.71. The molecule has 0 saturated heterocycles. The van der Waals surface area contributed by atoms with E-state index in [2.05, 4.69) is 4.90 Å². The Bertz CT molecular complexity index is 916. The fourth-order valence-corrected chi connectivity index (χ4v) is 4.80. The average Bonchev–Trinajstić information content (AvgIpc) is 2.67. The third-order valence-corrected chi connectivity index (χ3v) is 5.93. The number of phenolic OH excluding ortho intramolecular Hbond substituents is 1. The summed E-state index contributed by atoms with van der Waals surface area (Å²) in [6.45, 7) is 2.69. The van der Waals surface area contributed by atoms with Gasteiger partial charge in [-0.1, -0.05) is 6.07 Å². The molecule has 1 aromatic carbocycles. The summed E-state index contributed by atoms with van der Waals surface area (Å²) < 4.78 is 0. The number of rotatable bonds is 3. The van der Waals surface area contributed by atoms with E-state index in [9.17, 15) is 24.8 Å². The lowest BCUT2D eigenvalue weighted by Crippen LogP contribution is -2.39. The fraction of sp³-hybridized carbons (Fsp3) is 0.429. The van der Waals surface area contributed by atoms with E-state index < -0.39 is 22.3 Å². The molecule has 1 aliphatic heterocycles. The molecule has 0 fully saturated rings. The number of aromatic hydroxyl groups is 1. The molecule has 0 aromatic heterocycles. The number of hydrogen-bond donors (Lipinski definition) is 1. The van der Waals surface area contributed by atoms with E-state index in [-0.39, 0.29) is 11.6 Å². The van der Waals surface area contributed by atoms with Gasteiger partial charge in [0.15, 0.2) is 17.3 Å². The molecule has 1 N–H and O–H groups in total. The summed E-state index contributed by atoms with van der Waals surface area (Å²) in [5.41, 5.74) is 3.21. The summed E-state index contributed by atoms with van der Waals surface area (Å²) in [4.78, 5) is 38.7. The number of ketones is 2. The number of Topliss-reactive ketones (excluding diaryl/α,β-unsaturated/α-hetero) is 2. The van der Waals surface area contributed by atoms with Gasteiger partial charge in [-0.05, 0) is 44.2 Å². The first-order chi connectivity index (χ1) is 13.4. The number of carbonyl (C=O) groups is 2. The number of benzene rings is 1. The van der Waals surface area contributed by atoms with E-state index in [1.165, 1.54) is 12.1 Å². The number of allylic oxidation sites excluding steroid dienone is 4. The molecule has 0 spiro atoms. The minimum absolute atomic E-state index is 0.00496. The fourth-order valence-electron chi connectivity index (χ4n) is 4.80. The van der Waals surface area contributed by atoms with Gasteiger partial charge in [0.05, 0.1) is 4.92 Å². The average molecular weight is 382 g/mol. The van der Waals surface area contributed by atoms with Crippen molar-refractivity contribution in [3.63, 3.8) is 0 Å². The van der Waals surface area contributed by atoms with Gasteiger partial charge in [-0.2, -0.15) is 0 Å². The summed E-state index contributed by atoms with van der Waals surface area (Å²) in [6.07, 6.45) is 3.90. The molecular weight excluding hydrogens is 360 g/mol. The Balaban J connectivity index is 1.98. The van der Waals surface area contributed by atoms with Crippen molar-refractivity contribution in [3.8, 4) is 5.75 Å². The molecule has 7 heteroatoms. The molecule has 0 saturated carbocycles. The van der Waals surface area contributed by atoms with E-state index in [1.807, 2.05) is 6.92 Å². The molecule has 4 rings (SSSR count). The van der Waals surface area contributed by atoms with E-state index >= 15 is 0 Å². The van der Waals surface area contributed by atoms with Crippen molar-refractivity contribution in [1.29, 1.82) is 0 Å². The quantitative estimate of drug-likeness (QED) is 0.631. The first kappa shape index (κ1) is 18.4. The van der Waals surface area contributed by atoms with Crippen LogP contribution < -0.4 is 0 Å². The SMILES string of the molecule is CCN1C2=C(C(=O)CCC2)C(c2ccc(O)c([N+](=O)[O-])c2)C2=C1CCCC2=O. The Kier molecular flexibility index (Phi) is 4.53. The molecule has 7 nitrogen and oxygen atoms in total. The van der Waals surface area contributed by atoms with Crippen LogP contribution in [0, 0.1) is 10.1 Å². The van der Waals surface area contributed by atoms with Crippen molar-refractivity contribution in [2.24, 2.45) is 0 Å². The Labute approximate surface area is 162 Å². The van der Waals surface area contributed by atoms with Crippen molar-refractivity contribution in [2.75, 3.05) is 6.54 Å². The summed E-state index contributed by atoms with van der Waals surface area (Å²) in [5, 5.41) is 21.2. The van der Waals surface area contributed by atoms with Crippen LogP contribution in [0.4, 0.5) is 5.69 Å². The lowest BCUT2D eigenvalue weighted by molar-refractivity contribution is -0.385. The van der Waals surface area contributed by atoms with Gasteiger partial charge in [0.1, 0.15) is 0 Å². The van der Waals surface area contributed by atoms with E-state index in [0.717, 1.165) is 37.1 Å². The lowest BCUT2D eigenvalue weighted by atomic mass is 9.71. The van der Waals surface area contributed by atoms with E-state index in [4.69, 9.17) is 0 Å². The van der Waals surface area contributed by atoms with Gasteiger partial charge in [0.25, 0.3) is 0 Å². The Morgan fingerprint density at radius 3 is 2.14 bits per heavy atom. The molecule has 2 aliphatic carbocycles. The predicted octanol–water partition coefficient (Wildman–Crippen LogP) is 3.73. The second-order valence-electron chi connectivity index (χ2n) is 7.46. The van der Waals surface area contributed by atoms with Crippen molar-refractivity contribution in [3.05, 3.63) is 56.4 Å². The van der Waals surface area contributed by atoms with Gasteiger partial charge < -0.3 is 10.0 Å². The van der Waals surface area contributed by atoms with Gasteiger partial charge in [0.2, 0.25) is 0 Å². The molecule has 0 amide bonds. The maximum atomic E-state index is 12.9. The number of nitro groups is 1. The summed E-state index contributed by atoms with van der Waals surface area (Å²) in [7, 11) is 0. The number of nitrogens with zero attached hydrogens (tertiary/aromatic N) is 2. The van der Waals surface area contributed by atoms with E-state index in [1.54, 1.807) is 6.07 Å². The predicted molar refractivity (Wildman–Crippen MR) is 102 cm³/mol. The topological polar surface area (TPSA) is 101 Å². The largest absolute Gasteiger partial charge is 0.502 e. The van der Waals surface area contributed by atoms with Gasteiger partial charge in [-0.25, -0.2) is 0 Å². The second-order valence-corrected chi connectivity index (χ2v) is 7.46. The highest BCUT2D eigenvalue weighted by molar-refractivity contribution is 6.06. The number of carbonyl (C=O) groups excluding carboxylic acids is 2. The normalized spacial score (nSPS) is 20.4. The Hall–Kier alpha value is -2.96. The molecule has 3 aliphatic rings. The van der Waals surface area contributed by atoms with Crippen LogP contribution in [0.25, 0.3) is 0 Å². The van der Waals surface area contributed by atoms with Crippen molar-refractivity contribution in [2.45, 2.75) is 51.4 Å². The summed E-state index contributed by atoms with van der Waals surface area (Å²) >= 11 is 0. The van der Waals surface area contributed by atoms with Crippen LogP contribution in [0.1, 0.15) is 56.9 Å². The van der Waals surface area contributed by atoms with Crippen molar-refractivity contribution >= 4 is 17.3 Å². The zero-order chi connectivity index (χ0) is 20.0. The highest BCUT2D eigenvalue weighted by Crippen LogP contribution is 2.49. The number of nitro benzene ring substituents is 1. The first-order valence-corrected chi connectivity index (χ1v) is 9.71. The van der Waals surface area contributed by atoms with Crippen molar-refractivity contribution in [1.82, 2.24) is 4.90 Å². The molecule has 0 bridgehead atoms. The monoisotopic (exact) mass is 382 g/mol. The molecule has 28 heavy (non-hydrogen) atoms. The van der Waals surface area contributed by atoms with Gasteiger partial charge >= 0.3 is 5.69 Å². The van der Waals surface area contributed by atoms with Crippen LogP contribution in [-0.2, 0) is 9.59 Å². The van der Waals surface area contributed by atoms with Crippen LogP contribution >= 0.6 is 0 Å². The molecular formula is C21H22N2O5. The van der Waals surface area contributed by atoms with Gasteiger partial charge in [-0.15, -0.1) is 0 Å². The highest BCUT2D eigenvalue weighted by Gasteiger charge is 2.43. The molecule has 146 valence electrons. The zero-order valence-electron chi connectivity index (χ0n) is 15.7. The third-order valence-electron chi connectivity index (χ3n) is 5.93. The highest BCUT2D eigenvalue weighted by atomic mass is 16.6. The van der Waals surface area contributed by atoms with Crippen LogP contribution in [0.15, 0.2) is 40.7 Å². The number of phenols is 1. The van der Waals surface area contributed by atoms with Gasteiger partial charge in [-0.3, -0.25) is 19.7 Å². The van der Waals surface area contributed by atoms with Crippen LogP contribution in [0.2, 0.25) is 0 Å². The smallest absolute Gasteiger partial charge is 0.310 e. The van der Waals surface area contributed by atoms with E-state index in [0.29, 0.717) is 36.1 Å². The zero-order valence-corrected chi connectivity index (χ0v) is 15.7. The minimum Gasteiger partial charge on any atom is -0.502 e. The molecule has 0 radical (unpaired) electrons. The molecule has 1 heterocycles. The standard InChI is InChI=1S/C21H22N2O5/c1-2-22-13-5-3-7-17(25)20(13)19(21-14(22)6-4-8-18(21)26)12-9-10-16(24)15(11-12)23(27)28/h9-11,19,24H,2-8H2,1H3. The van der Waals surface area contributed by atoms with Gasteiger partial charge in [0, 0.05) is 53.9 Å². The minimum atomic E-state index is -0.643. The lowest BCUT2D eigenvalue weighted by Gasteiger charge is -2.43. The molecule has 1 aromatic rings. The number of hydrogen-bond acceptors (Lipinski definition) is 6. The third kappa shape index (κ3) is 2.73. The summed E-state index contributed by atoms with van der Waals surface area (Å²) in [6, 6.07) is 4.18. The van der Waals surface area contributed by atoms with Crippen LogP contribution in [0.3, 0.4) is 0 Å². The molecule has 0 unspecified atom stereocenters. The second kappa shape index (κ2) is 6.89. The summed E-state index contributed by atoms with van der Waals surface area (Å²) in [5.74, 6) is -1.00. The van der Waals surface area contributed by atoms with Crippen molar-refractivity contribution < 1.29 is 19.6 Å². The Morgan fingerprint density at radius 1 is 1.07 bits per heavy atom. The maximum Gasteiger partial charge on any atom is 0.310 e. The maximum absolute atomic E-state index is 12.9. The molecule has 0 atom stereocenters. The Morgan fingerprint density at radius 2 is 1.64 bits per heavy atom. The van der Waals surface area contributed by atoms with Crippen LogP contribution in [-0.4, -0.2) is 33.0 Å². The van der Waals surface area contributed by atoms with Crippen LogP contribution in [0.5, 0.6) is 5.75 Å².